The first-order valence-corrected chi connectivity index (χ1v) is 6.75. The number of carbonyl (C=O) groups excluding carboxylic acids is 1. The Bertz CT molecular complexity index is 730. The zero-order valence-corrected chi connectivity index (χ0v) is 11.6. The first-order chi connectivity index (χ1) is 10.6. The molecule has 1 aliphatic heterocycles. The molecule has 0 saturated heterocycles. The number of fused-ring (bicyclic) bond motifs is 1. The molecule has 0 spiro atoms. The van der Waals surface area contributed by atoms with Gasteiger partial charge in [-0.1, -0.05) is 30.3 Å². The number of aliphatic carboxylic acids is 1. The highest BCUT2D eigenvalue weighted by Crippen LogP contribution is 2.31. The summed E-state index contributed by atoms with van der Waals surface area (Å²) in [5.74, 6) is -0.824. The molecule has 3 rings (SSSR count). The molecule has 112 valence electrons. The lowest BCUT2D eigenvalue weighted by Crippen LogP contribution is -2.38. The van der Waals surface area contributed by atoms with Gasteiger partial charge in [0.15, 0.2) is 6.61 Å². The fourth-order valence-electron chi connectivity index (χ4n) is 2.35. The van der Waals surface area contributed by atoms with Crippen LogP contribution in [0.5, 0.6) is 5.75 Å². The molecule has 1 atom stereocenters. The van der Waals surface area contributed by atoms with Crippen molar-refractivity contribution in [3.05, 3.63) is 59.7 Å². The Hall–Kier alpha value is -3.02. The van der Waals surface area contributed by atoms with Crippen molar-refractivity contribution in [1.82, 2.24) is 5.32 Å². The zero-order valence-electron chi connectivity index (χ0n) is 11.6. The van der Waals surface area contributed by atoms with E-state index in [1.807, 2.05) is 12.1 Å². The number of benzene rings is 2. The minimum atomic E-state index is -1.05. The second-order valence-corrected chi connectivity index (χ2v) is 4.82. The van der Waals surface area contributed by atoms with Crippen LogP contribution in [-0.2, 0) is 4.79 Å². The maximum atomic E-state index is 12.2. The summed E-state index contributed by atoms with van der Waals surface area (Å²) in [6.07, 6.45) is -0.479. The summed E-state index contributed by atoms with van der Waals surface area (Å²) in [6, 6.07) is 14.2. The molecule has 1 heterocycles. The normalized spacial score (nSPS) is 16.2. The average Bonchev–Trinajstić information content (AvgIpc) is 2.53. The number of carboxylic acid groups (broad SMARTS) is 1. The SMILES string of the molecule is O=C(O)COc1ccccc1C1NC(=O)c2ccccc2N1. The molecule has 0 saturated carbocycles. The van der Waals surface area contributed by atoms with Crippen LogP contribution in [0.4, 0.5) is 5.69 Å². The number of para-hydroxylation sites is 2. The summed E-state index contributed by atoms with van der Waals surface area (Å²) in [6.45, 7) is -0.436. The summed E-state index contributed by atoms with van der Waals surface area (Å²) < 4.78 is 5.28. The molecule has 0 aliphatic carbocycles. The van der Waals surface area contributed by atoms with Gasteiger partial charge in [0, 0.05) is 11.3 Å². The molecule has 1 unspecified atom stereocenters. The highest BCUT2D eigenvalue weighted by atomic mass is 16.5. The number of carboxylic acids is 1. The van der Waals surface area contributed by atoms with Crippen molar-refractivity contribution in [3.63, 3.8) is 0 Å². The fourth-order valence-corrected chi connectivity index (χ4v) is 2.35. The monoisotopic (exact) mass is 298 g/mol. The van der Waals surface area contributed by atoms with Gasteiger partial charge in [-0.3, -0.25) is 4.79 Å². The quantitative estimate of drug-likeness (QED) is 0.803. The smallest absolute Gasteiger partial charge is 0.341 e. The van der Waals surface area contributed by atoms with Crippen molar-refractivity contribution in [2.75, 3.05) is 11.9 Å². The molecule has 0 fully saturated rings. The van der Waals surface area contributed by atoms with Crippen molar-refractivity contribution in [1.29, 1.82) is 0 Å². The molecule has 22 heavy (non-hydrogen) atoms. The summed E-state index contributed by atoms with van der Waals surface area (Å²) in [7, 11) is 0. The maximum Gasteiger partial charge on any atom is 0.341 e. The molecule has 6 nitrogen and oxygen atoms in total. The topological polar surface area (TPSA) is 87.7 Å². The lowest BCUT2D eigenvalue weighted by atomic mass is 10.1. The third-order valence-electron chi connectivity index (χ3n) is 3.33. The van der Waals surface area contributed by atoms with E-state index in [0.29, 0.717) is 16.9 Å². The highest BCUT2D eigenvalue weighted by molar-refractivity contribution is 6.01. The van der Waals surface area contributed by atoms with E-state index in [2.05, 4.69) is 10.6 Å². The van der Waals surface area contributed by atoms with Gasteiger partial charge in [0.25, 0.3) is 5.91 Å². The lowest BCUT2D eigenvalue weighted by molar-refractivity contribution is -0.139. The van der Waals surface area contributed by atoms with Gasteiger partial charge in [-0.05, 0) is 18.2 Å². The van der Waals surface area contributed by atoms with Crippen LogP contribution in [0, 0.1) is 0 Å². The van der Waals surface area contributed by atoms with Gasteiger partial charge in [0.2, 0.25) is 0 Å². The van der Waals surface area contributed by atoms with E-state index >= 15 is 0 Å². The molecule has 2 aromatic carbocycles. The van der Waals surface area contributed by atoms with Crippen LogP contribution in [0.15, 0.2) is 48.5 Å². The van der Waals surface area contributed by atoms with Crippen molar-refractivity contribution < 1.29 is 19.4 Å². The third-order valence-corrected chi connectivity index (χ3v) is 3.33. The molecular weight excluding hydrogens is 284 g/mol. The zero-order chi connectivity index (χ0) is 15.5. The first kappa shape index (κ1) is 13.9. The molecule has 6 heteroatoms. The Morgan fingerprint density at radius 3 is 2.64 bits per heavy atom. The minimum absolute atomic E-state index is 0.188. The van der Waals surface area contributed by atoms with E-state index in [1.165, 1.54) is 0 Å². The van der Waals surface area contributed by atoms with E-state index in [4.69, 9.17) is 9.84 Å². The summed E-state index contributed by atoms with van der Waals surface area (Å²) in [5, 5.41) is 14.8. The Labute approximate surface area is 126 Å². The predicted octanol–water partition coefficient (Wildman–Crippen LogP) is 2.00. The van der Waals surface area contributed by atoms with Crippen LogP contribution in [0.2, 0.25) is 0 Å². The van der Waals surface area contributed by atoms with Crippen LogP contribution in [0.3, 0.4) is 0 Å². The number of anilines is 1. The molecule has 1 aliphatic rings. The van der Waals surface area contributed by atoms with E-state index in [0.717, 1.165) is 5.69 Å². The molecular formula is C16H14N2O4. The molecule has 1 amide bonds. The molecule has 3 N–H and O–H groups in total. The summed E-state index contributed by atoms with van der Waals surface area (Å²) in [4.78, 5) is 22.8. The van der Waals surface area contributed by atoms with Crippen LogP contribution in [0.25, 0.3) is 0 Å². The molecule has 0 radical (unpaired) electrons. The van der Waals surface area contributed by atoms with Gasteiger partial charge in [0.05, 0.1) is 5.56 Å². The Morgan fingerprint density at radius 1 is 1.09 bits per heavy atom. The van der Waals surface area contributed by atoms with Crippen LogP contribution >= 0.6 is 0 Å². The van der Waals surface area contributed by atoms with Gasteiger partial charge in [-0.25, -0.2) is 4.79 Å². The average molecular weight is 298 g/mol. The number of amides is 1. The van der Waals surface area contributed by atoms with Gasteiger partial charge in [0.1, 0.15) is 11.9 Å². The molecule has 2 aromatic rings. The Kier molecular flexibility index (Phi) is 3.65. The van der Waals surface area contributed by atoms with Gasteiger partial charge < -0.3 is 20.5 Å². The Morgan fingerprint density at radius 2 is 1.82 bits per heavy atom. The van der Waals surface area contributed by atoms with E-state index < -0.39 is 18.7 Å². The second-order valence-electron chi connectivity index (χ2n) is 4.82. The highest BCUT2D eigenvalue weighted by Gasteiger charge is 2.26. The fraction of sp³-hybridized carbons (Fsp3) is 0.125. The van der Waals surface area contributed by atoms with E-state index in [9.17, 15) is 9.59 Å². The number of carbonyl (C=O) groups is 2. The molecule has 0 aromatic heterocycles. The summed E-state index contributed by atoms with van der Waals surface area (Å²) in [5.41, 5.74) is 1.97. The number of nitrogens with one attached hydrogen (secondary N) is 2. The number of ether oxygens (including phenoxy) is 1. The van der Waals surface area contributed by atoms with Crippen LogP contribution in [-0.4, -0.2) is 23.6 Å². The van der Waals surface area contributed by atoms with E-state index in [-0.39, 0.29) is 5.91 Å². The summed E-state index contributed by atoms with van der Waals surface area (Å²) >= 11 is 0. The van der Waals surface area contributed by atoms with Crippen molar-refractivity contribution >= 4 is 17.6 Å². The van der Waals surface area contributed by atoms with Gasteiger partial charge in [-0.2, -0.15) is 0 Å². The van der Waals surface area contributed by atoms with E-state index in [1.54, 1.807) is 36.4 Å². The van der Waals surface area contributed by atoms with Crippen molar-refractivity contribution in [3.8, 4) is 5.75 Å². The Balaban J connectivity index is 1.89. The first-order valence-electron chi connectivity index (χ1n) is 6.75. The lowest BCUT2D eigenvalue weighted by Gasteiger charge is -2.29. The molecule has 0 bridgehead atoms. The number of rotatable bonds is 4. The van der Waals surface area contributed by atoms with Crippen molar-refractivity contribution in [2.45, 2.75) is 6.17 Å². The predicted molar refractivity (Wildman–Crippen MR) is 79.8 cm³/mol. The minimum Gasteiger partial charge on any atom is -0.481 e. The van der Waals surface area contributed by atoms with Gasteiger partial charge in [-0.15, -0.1) is 0 Å². The standard InChI is InChI=1S/C16H14N2O4/c19-14(20)9-22-13-8-4-2-6-11(13)15-17-12-7-3-1-5-10(12)16(21)18-15/h1-8,15,17H,9H2,(H,18,21)(H,19,20). The van der Waals surface area contributed by atoms with Crippen LogP contribution in [0.1, 0.15) is 22.1 Å². The third kappa shape index (κ3) is 2.71. The van der Waals surface area contributed by atoms with Gasteiger partial charge >= 0.3 is 5.97 Å². The van der Waals surface area contributed by atoms with Crippen LogP contribution < -0.4 is 15.4 Å². The maximum absolute atomic E-state index is 12.2. The number of hydrogen-bond acceptors (Lipinski definition) is 4. The number of hydrogen-bond donors (Lipinski definition) is 3. The largest absolute Gasteiger partial charge is 0.481 e. The second kappa shape index (κ2) is 5.77. The van der Waals surface area contributed by atoms with Crippen molar-refractivity contribution in [2.24, 2.45) is 0 Å².